The first kappa shape index (κ1) is 34.1. The van der Waals surface area contributed by atoms with Crippen molar-refractivity contribution in [2.75, 3.05) is 5.73 Å². The number of nitrogens with two attached hydrogens (primary N) is 1. The molecule has 0 radical (unpaired) electrons. The number of aromatic nitrogens is 2. The summed E-state index contributed by atoms with van der Waals surface area (Å²) < 4.78 is 7.29. The zero-order chi connectivity index (χ0) is 36.0. The number of thiophene rings is 1. The van der Waals surface area contributed by atoms with Gasteiger partial charge in [-0.05, 0) is 37.3 Å². The van der Waals surface area contributed by atoms with Crippen molar-refractivity contribution < 1.29 is 4.42 Å². The minimum absolute atomic E-state index is 0.495. The zero-order valence-electron chi connectivity index (χ0n) is 29.3. The van der Waals surface area contributed by atoms with Gasteiger partial charge in [-0.3, -0.25) is 5.41 Å². The Morgan fingerprint density at radius 2 is 1.25 bits per heavy atom. The topological polar surface area (TPSA) is 88.8 Å². The predicted octanol–water partition coefficient (Wildman–Crippen LogP) is 12.6. The lowest BCUT2D eigenvalue weighted by Crippen LogP contribution is -2.01. The number of rotatable bonds is 5. The number of anilines is 1. The fourth-order valence-electron chi connectivity index (χ4n) is 6.20. The summed E-state index contributed by atoms with van der Waals surface area (Å²) in [6.07, 6.45) is 0. The summed E-state index contributed by atoms with van der Waals surface area (Å²) in [7, 11) is 0. The largest absolute Gasteiger partial charge is 0.456 e. The SMILES string of the molecule is CC.Cc1ccc2oc3cccc(-c4cc(-c5ccccc5)nc(-c5ccccc5)n4)c3c2c1.N=C(c1ccccc1)c1sc2ccccc2c1N. The monoisotopic (exact) mass is 694 g/mol. The molecule has 6 aromatic carbocycles. The van der Waals surface area contributed by atoms with Crippen LogP contribution in [0.25, 0.3) is 65.9 Å². The van der Waals surface area contributed by atoms with Gasteiger partial charge < -0.3 is 10.2 Å². The van der Waals surface area contributed by atoms with Crippen LogP contribution in [0.3, 0.4) is 0 Å². The molecule has 5 nitrogen and oxygen atoms in total. The molecule has 0 spiro atoms. The van der Waals surface area contributed by atoms with Crippen molar-refractivity contribution in [3.63, 3.8) is 0 Å². The van der Waals surface area contributed by atoms with Crippen LogP contribution in [0.15, 0.2) is 162 Å². The molecular formula is C46H38N4OS. The van der Waals surface area contributed by atoms with Crippen molar-refractivity contribution in [1.29, 1.82) is 5.41 Å². The van der Waals surface area contributed by atoms with Crippen molar-refractivity contribution in [3.8, 4) is 33.9 Å². The van der Waals surface area contributed by atoms with Crippen molar-refractivity contribution in [3.05, 3.63) is 174 Å². The van der Waals surface area contributed by atoms with Gasteiger partial charge in [0.05, 0.1) is 27.7 Å². The van der Waals surface area contributed by atoms with E-state index in [1.54, 1.807) is 11.3 Å². The smallest absolute Gasteiger partial charge is 0.160 e. The molecule has 0 amide bonds. The number of nitrogens with one attached hydrogen (secondary N) is 1. The van der Waals surface area contributed by atoms with Crippen LogP contribution in [-0.4, -0.2) is 15.7 Å². The first-order valence-electron chi connectivity index (χ1n) is 17.4. The third-order valence-corrected chi connectivity index (χ3v) is 9.88. The van der Waals surface area contributed by atoms with E-state index in [-0.39, 0.29) is 0 Å². The normalized spacial score (nSPS) is 10.8. The Morgan fingerprint density at radius 1 is 0.615 bits per heavy atom. The molecule has 0 saturated heterocycles. The van der Waals surface area contributed by atoms with Crippen LogP contribution in [0.2, 0.25) is 0 Å². The van der Waals surface area contributed by atoms with Crippen LogP contribution in [0.4, 0.5) is 5.69 Å². The molecule has 0 atom stereocenters. The number of nitrogens with zero attached hydrogens (tertiary/aromatic N) is 2. The predicted molar refractivity (Wildman–Crippen MR) is 220 cm³/mol. The third-order valence-electron chi connectivity index (χ3n) is 8.68. The molecule has 0 saturated carbocycles. The fourth-order valence-corrected chi connectivity index (χ4v) is 7.29. The minimum atomic E-state index is 0.495. The molecule has 3 aromatic heterocycles. The summed E-state index contributed by atoms with van der Waals surface area (Å²) in [6, 6.07) is 52.6. The lowest BCUT2D eigenvalue weighted by Gasteiger charge is -2.10. The number of benzene rings is 6. The molecule has 0 aliphatic heterocycles. The second kappa shape index (κ2) is 15.3. The molecule has 9 aromatic rings. The molecular weight excluding hydrogens is 657 g/mol. The van der Waals surface area contributed by atoms with Crippen molar-refractivity contribution >= 4 is 54.8 Å². The van der Waals surface area contributed by atoms with Gasteiger partial charge in [0.2, 0.25) is 0 Å². The highest BCUT2D eigenvalue weighted by Crippen LogP contribution is 2.38. The summed E-state index contributed by atoms with van der Waals surface area (Å²) in [4.78, 5) is 10.8. The molecule has 0 bridgehead atoms. The van der Waals surface area contributed by atoms with Gasteiger partial charge in [-0.1, -0.05) is 147 Å². The lowest BCUT2D eigenvalue weighted by molar-refractivity contribution is 0.669. The number of furan rings is 1. The van der Waals surface area contributed by atoms with Crippen LogP contribution in [0.1, 0.15) is 29.9 Å². The van der Waals surface area contributed by atoms with E-state index >= 15 is 0 Å². The maximum atomic E-state index is 8.27. The van der Waals surface area contributed by atoms with E-state index in [1.807, 2.05) is 135 Å². The molecule has 9 rings (SSSR count). The molecule has 3 heterocycles. The third kappa shape index (κ3) is 6.84. The van der Waals surface area contributed by atoms with E-state index in [0.29, 0.717) is 17.2 Å². The molecule has 3 N–H and O–H groups in total. The van der Waals surface area contributed by atoms with Gasteiger partial charge in [-0.2, -0.15) is 0 Å². The Kier molecular flexibility index (Phi) is 10.0. The summed E-state index contributed by atoms with van der Waals surface area (Å²) >= 11 is 1.58. The quantitative estimate of drug-likeness (QED) is 0.176. The van der Waals surface area contributed by atoms with Gasteiger partial charge in [-0.25, -0.2) is 9.97 Å². The summed E-state index contributed by atoms with van der Waals surface area (Å²) in [5.74, 6) is 0.711. The molecule has 254 valence electrons. The van der Waals surface area contributed by atoms with Crippen LogP contribution >= 0.6 is 11.3 Å². The molecule has 0 aliphatic carbocycles. The maximum Gasteiger partial charge on any atom is 0.160 e. The molecule has 52 heavy (non-hydrogen) atoms. The van der Waals surface area contributed by atoms with Crippen LogP contribution in [0, 0.1) is 12.3 Å². The number of hydrogen-bond acceptors (Lipinski definition) is 6. The van der Waals surface area contributed by atoms with E-state index in [9.17, 15) is 0 Å². The molecule has 0 aliphatic rings. The Hall–Kier alpha value is -6.37. The van der Waals surface area contributed by atoms with Gasteiger partial charge >= 0.3 is 0 Å². The van der Waals surface area contributed by atoms with Crippen molar-refractivity contribution in [2.24, 2.45) is 0 Å². The van der Waals surface area contributed by atoms with Gasteiger partial charge in [0.1, 0.15) is 11.2 Å². The Morgan fingerprint density at radius 3 is 1.96 bits per heavy atom. The average molecular weight is 695 g/mol. The highest BCUT2D eigenvalue weighted by molar-refractivity contribution is 7.21. The zero-order valence-corrected chi connectivity index (χ0v) is 30.1. The van der Waals surface area contributed by atoms with Crippen molar-refractivity contribution in [2.45, 2.75) is 20.8 Å². The number of fused-ring (bicyclic) bond motifs is 4. The molecule has 0 fully saturated rings. The Balaban J connectivity index is 0.000000178. The molecule has 0 unspecified atom stereocenters. The number of nitrogen functional groups attached to an aromatic ring is 1. The van der Waals surface area contributed by atoms with E-state index in [0.717, 1.165) is 70.5 Å². The van der Waals surface area contributed by atoms with Crippen LogP contribution < -0.4 is 5.73 Å². The van der Waals surface area contributed by atoms with Gasteiger partial charge in [0.25, 0.3) is 0 Å². The first-order valence-corrected chi connectivity index (χ1v) is 18.2. The van der Waals surface area contributed by atoms with Crippen LogP contribution in [0.5, 0.6) is 0 Å². The summed E-state index contributed by atoms with van der Waals surface area (Å²) in [6.45, 7) is 6.10. The second-order valence-corrected chi connectivity index (χ2v) is 13.1. The van der Waals surface area contributed by atoms with E-state index in [4.69, 9.17) is 25.5 Å². The van der Waals surface area contributed by atoms with Gasteiger partial charge in [0, 0.05) is 43.1 Å². The standard InChI is InChI=1S/C29H20N2O.C15H12N2S.C2H6/c1-19-15-16-26-23(17-19)28-22(13-8-14-27(28)32-26)25-18-24(20-9-4-2-5-10-20)30-29(31-25)21-11-6-3-7-12-21;16-13(10-6-2-1-3-7-10)15-14(17)11-8-4-5-9-12(11)18-15;1-2/h2-18H,1H3;1-9,16H,17H2;1-2H3. The van der Waals surface area contributed by atoms with Crippen molar-refractivity contribution in [1.82, 2.24) is 9.97 Å². The summed E-state index contributed by atoms with van der Waals surface area (Å²) in [5, 5.41) is 11.5. The Bertz CT molecular complexity index is 2570. The highest BCUT2D eigenvalue weighted by atomic mass is 32.1. The van der Waals surface area contributed by atoms with Gasteiger partial charge in [-0.15, -0.1) is 11.3 Å². The Labute approximate surface area is 307 Å². The number of hydrogen-bond donors (Lipinski definition) is 2. The second-order valence-electron chi connectivity index (χ2n) is 12.1. The highest BCUT2D eigenvalue weighted by Gasteiger charge is 2.17. The number of aryl methyl sites for hydroxylation is 1. The minimum Gasteiger partial charge on any atom is -0.456 e. The van der Waals surface area contributed by atoms with E-state index in [1.165, 1.54) is 5.56 Å². The van der Waals surface area contributed by atoms with E-state index in [2.05, 4.69) is 43.3 Å². The first-order chi connectivity index (χ1) is 25.5. The summed E-state index contributed by atoms with van der Waals surface area (Å²) in [5.41, 5.74) is 16.1. The molecule has 6 heteroatoms. The maximum absolute atomic E-state index is 8.27. The van der Waals surface area contributed by atoms with E-state index < -0.39 is 0 Å². The van der Waals surface area contributed by atoms with Crippen LogP contribution in [-0.2, 0) is 0 Å². The average Bonchev–Trinajstić information content (AvgIpc) is 3.76. The lowest BCUT2D eigenvalue weighted by atomic mass is 10.0. The fraction of sp³-hybridized carbons (Fsp3) is 0.0652. The van der Waals surface area contributed by atoms with Gasteiger partial charge in [0.15, 0.2) is 5.82 Å².